The molecule has 22 heteroatoms. The molecule has 129 heavy (non-hydrogen) atoms. The van der Waals surface area contributed by atoms with Crippen LogP contribution in [0.2, 0.25) is 0 Å². The van der Waals surface area contributed by atoms with Crippen molar-refractivity contribution in [3.8, 4) is 30.6 Å². The lowest BCUT2D eigenvalue weighted by molar-refractivity contribution is 1.27. The molecule has 5 aromatic carbocycles. The molecule has 22 heterocycles. The molecule has 0 atom stereocenters. The largest absolute Gasteiger partial charge is 0.151 e. The zero-order valence-corrected chi connectivity index (χ0v) is 89.4. The molecule has 0 amide bonds. The zero-order valence-electron chi connectivity index (χ0n) is 71.4. The van der Waals surface area contributed by atoms with E-state index in [1.165, 1.54) is 252 Å². The first-order chi connectivity index (χ1) is 62.3. The Morgan fingerprint density at radius 2 is 0.643 bits per heavy atom. The zero-order chi connectivity index (χ0) is 87.4. The molecular formula is C107H86S22. The molecule has 0 unspecified atom stereocenters. The molecule has 27 aromatic rings. The minimum Gasteiger partial charge on any atom is -0.151 e. The molecule has 646 valence electrons. The highest BCUT2D eigenvalue weighted by molar-refractivity contribution is 7.49. The Morgan fingerprint density at radius 3 is 1.36 bits per heavy atom. The van der Waals surface area contributed by atoms with Gasteiger partial charge in [-0.3, -0.25) is 0 Å². The second-order valence-corrected chi connectivity index (χ2v) is 56.9. The second-order valence-electron chi connectivity index (χ2n) is 31.5. The van der Waals surface area contributed by atoms with Crippen molar-refractivity contribution in [2.45, 2.75) is 103 Å². The van der Waals surface area contributed by atoms with E-state index in [4.69, 9.17) is 0 Å². The molecular weight excluding hydrogens is 1990 g/mol. The maximum Gasteiger partial charge on any atom is 0.0889 e. The van der Waals surface area contributed by atoms with Crippen LogP contribution in [0, 0.1) is 76.2 Å². The van der Waals surface area contributed by atoms with E-state index in [-0.39, 0.29) is 7.43 Å². The lowest BCUT2D eigenvalue weighted by Crippen LogP contribution is -1.77. The van der Waals surface area contributed by atoms with Crippen LogP contribution in [0.1, 0.15) is 94.5 Å². The van der Waals surface area contributed by atoms with Crippen molar-refractivity contribution in [1.82, 2.24) is 0 Å². The summed E-state index contributed by atoms with van der Waals surface area (Å²) in [6.07, 6.45) is 3.47. The van der Waals surface area contributed by atoms with Crippen molar-refractivity contribution < 1.29 is 0 Å². The molecule has 22 aromatic heterocycles. The minimum atomic E-state index is 0. The van der Waals surface area contributed by atoms with Gasteiger partial charge in [-0.25, -0.2) is 0 Å². The van der Waals surface area contributed by atoms with Gasteiger partial charge in [-0.15, -0.1) is 227 Å². The van der Waals surface area contributed by atoms with Crippen LogP contribution in [0.25, 0.3) is 158 Å². The highest BCUT2D eigenvalue weighted by atomic mass is 32.2. The number of fused-ring (bicyclic) bond motifs is 25. The van der Waals surface area contributed by atoms with Gasteiger partial charge in [0.05, 0.1) is 20.1 Å². The van der Waals surface area contributed by atoms with Gasteiger partial charge in [-0.05, 0) is 331 Å². The fourth-order valence-electron chi connectivity index (χ4n) is 16.2. The summed E-state index contributed by atoms with van der Waals surface area (Å²) < 4.78 is 20.0. The van der Waals surface area contributed by atoms with E-state index in [9.17, 15) is 0 Å². The van der Waals surface area contributed by atoms with E-state index >= 15 is 0 Å². The first kappa shape index (κ1) is 91.0. The van der Waals surface area contributed by atoms with Crippen LogP contribution < -0.4 is 0 Å². The summed E-state index contributed by atoms with van der Waals surface area (Å²) in [7, 11) is 0. The monoisotopic (exact) mass is 2070 g/mol. The molecule has 0 N–H and O–H groups in total. The van der Waals surface area contributed by atoms with Gasteiger partial charge >= 0.3 is 0 Å². The van der Waals surface area contributed by atoms with Crippen molar-refractivity contribution in [3.05, 3.63) is 341 Å². The lowest BCUT2D eigenvalue weighted by atomic mass is 10.1. The van der Waals surface area contributed by atoms with Gasteiger partial charge in [-0.2, -0.15) is 22.7 Å². The molecule has 0 fully saturated rings. The highest BCUT2D eigenvalue weighted by Gasteiger charge is 2.24. The second kappa shape index (κ2) is 40.2. The summed E-state index contributed by atoms with van der Waals surface area (Å²) in [4.78, 5) is 21.6. The van der Waals surface area contributed by atoms with Gasteiger partial charge < -0.3 is 0 Å². The third-order valence-corrected chi connectivity index (χ3v) is 44.9. The summed E-state index contributed by atoms with van der Waals surface area (Å²) in [5.74, 6) is 0. The van der Waals surface area contributed by atoms with Gasteiger partial charge in [0.25, 0.3) is 0 Å². The van der Waals surface area contributed by atoms with Gasteiger partial charge in [0, 0.05) is 182 Å². The van der Waals surface area contributed by atoms with Gasteiger partial charge in [0.15, 0.2) is 0 Å². The number of hydrogen-bond donors (Lipinski definition) is 0. The molecule has 0 bridgehead atoms. The Labute approximate surface area is 840 Å². The third kappa shape index (κ3) is 20.3. The van der Waals surface area contributed by atoms with Crippen LogP contribution in [-0.4, -0.2) is 0 Å². The number of benzene rings is 5. The van der Waals surface area contributed by atoms with Crippen molar-refractivity contribution in [2.24, 2.45) is 0 Å². The van der Waals surface area contributed by atoms with Crippen LogP contribution in [0.5, 0.6) is 0 Å². The predicted octanol–water partition coefficient (Wildman–Crippen LogP) is 43.6. The highest BCUT2D eigenvalue weighted by Crippen LogP contribution is 2.49. The average Bonchev–Trinajstić information content (AvgIpc) is 1.63. The van der Waals surface area contributed by atoms with Crippen LogP contribution in [0.4, 0.5) is 0 Å². The normalized spacial score (nSPS) is 11.7. The first-order valence-corrected chi connectivity index (χ1v) is 60.0. The first-order valence-electron chi connectivity index (χ1n) is 41.4. The Morgan fingerprint density at radius 1 is 0.186 bits per heavy atom. The molecule has 3 aliphatic carbocycles. The van der Waals surface area contributed by atoms with Crippen LogP contribution in [0.15, 0.2) is 254 Å². The maximum atomic E-state index is 2.33. The summed E-state index contributed by atoms with van der Waals surface area (Å²) in [5.41, 5.74) is 12.1. The van der Waals surface area contributed by atoms with E-state index < -0.39 is 0 Å². The molecule has 0 aliphatic heterocycles. The van der Waals surface area contributed by atoms with E-state index in [0.29, 0.717) is 0 Å². The molecule has 0 saturated carbocycles. The summed E-state index contributed by atoms with van der Waals surface area (Å²) in [6, 6.07) is 73.3. The molecule has 30 rings (SSSR count). The SMILES string of the molecule is C.Cc1cc2c(s1)-c1ccccc1C2.Cc1cc2c(s1)-c1cscc1C2.Cc1cc2c(s1)-c1sccc1C2.Cc1cc2c(s1)sc1ccccc12.Cc1cc2c(s1)sc1cscc12.Cc1cc2c(s1)sc1sccc12.Cc1cc2cc3ccsc3cc2s1.Cc1cc2cc3sccc3cc2s1.Cc1cc2ccccc2s1.Cc1cc2ccsc2s1.Cc1cc2sccc2s1. The van der Waals surface area contributed by atoms with Crippen molar-refractivity contribution in [1.29, 1.82) is 0 Å². The van der Waals surface area contributed by atoms with Crippen molar-refractivity contribution in [2.75, 3.05) is 0 Å². The van der Waals surface area contributed by atoms with E-state index in [0.717, 1.165) is 6.42 Å². The smallest absolute Gasteiger partial charge is 0.0889 e. The Bertz CT molecular complexity index is 7940. The van der Waals surface area contributed by atoms with Crippen LogP contribution in [0.3, 0.4) is 0 Å². The Balaban J connectivity index is 0.0000000922. The lowest BCUT2D eigenvalue weighted by Gasteiger charge is -1.96. The predicted molar refractivity (Wildman–Crippen MR) is 615 cm³/mol. The number of hydrogen-bond acceptors (Lipinski definition) is 22. The molecule has 0 spiro atoms. The fourth-order valence-corrected chi connectivity index (χ4v) is 39.8. The van der Waals surface area contributed by atoms with E-state index in [2.05, 4.69) is 330 Å². The Hall–Kier alpha value is -7.12. The fraction of sp³-hybridized carbons (Fsp3) is 0.140. The topological polar surface area (TPSA) is 0 Å². The molecule has 0 radical (unpaired) electrons. The van der Waals surface area contributed by atoms with Crippen LogP contribution >= 0.6 is 249 Å². The Kier molecular flexibility index (Phi) is 28.4. The molecule has 3 aliphatic rings. The number of rotatable bonds is 0. The number of aryl methyl sites for hydroxylation is 11. The van der Waals surface area contributed by atoms with Gasteiger partial charge in [0.1, 0.15) is 0 Å². The quantitative estimate of drug-likeness (QED) is 0.142. The van der Waals surface area contributed by atoms with E-state index in [1.807, 2.05) is 238 Å². The minimum absolute atomic E-state index is 0. The maximum absolute atomic E-state index is 2.33. The standard InChI is InChI=1S/C12H10S.3C11H8S2.2C10H8S2.2C9H6S3.C9H8S.2C7H6S2.CH4/c1-8-6-10-7-9-4-2-3-5-11(9)12(10)13-8;1-7-4-9-6-10-8(2-3-12-10)5-11(9)13-7;1-7-4-9-5-8-2-3-12-10(8)6-11(9)13-7;1-7-6-9-8-4-2-3-5-10(8)13-11(9)12-7;1-6-2-7-3-8-4-11-5-9(8)10(7)12-6;1-6-4-8-5-7-2-3-11-9(7)10(8)12-6;1-5-2-6-7-3-10-4-8(7)12-9(6)11-5;1-5-4-7-6-2-3-10-8(6)12-9(7)11-5;1-7-6-8-4-2-3-5-9(8)10-7;1-5-4-7-6(9-5)2-3-8-7;1-5-4-6-2-3-8-7(6)9-5;/h2-6H,7H2,1H3;3*2-6H,1H3;2,4-5H,3H2,1H3;2-4H,5H2,1H3;2*2-4H,1H3;2-6H,1H3;2*2-4H,1H3;1H4. The number of thiophene rings is 22. The van der Waals surface area contributed by atoms with Crippen LogP contribution in [-0.2, 0) is 19.3 Å². The average molecular weight is 2080 g/mol. The molecule has 0 nitrogen and oxygen atoms in total. The van der Waals surface area contributed by atoms with Crippen molar-refractivity contribution >= 4 is 376 Å². The summed E-state index contributed by atoms with van der Waals surface area (Å²) in [6.45, 7) is 23.9. The summed E-state index contributed by atoms with van der Waals surface area (Å²) >= 11 is 41.2. The van der Waals surface area contributed by atoms with E-state index in [1.54, 1.807) is 16.9 Å². The summed E-state index contributed by atoms with van der Waals surface area (Å²) in [5, 5.41) is 38.9. The molecule has 0 saturated heterocycles. The van der Waals surface area contributed by atoms with Gasteiger partial charge in [0.2, 0.25) is 0 Å². The van der Waals surface area contributed by atoms with Crippen molar-refractivity contribution in [3.63, 3.8) is 0 Å². The van der Waals surface area contributed by atoms with Gasteiger partial charge in [-0.1, -0.05) is 68.1 Å². The third-order valence-electron chi connectivity index (χ3n) is 21.7.